The highest BCUT2D eigenvalue weighted by molar-refractivity contribution is 7.10. The maximum absolute atomic E-state index is 3.67. The van der Waals surface area contributed by atoms with Crippen LogP contribution in [0.2, 0.25) is 0 Å². The Balaban J connectivity index is 1.97. The molecule has 2 heteroatoms. The standard InChI is InChI=1S/C17H23NS/c1-3-11-18-17(16-7-5-4-6-8-16)10-9-15-12-14(2)19-13-15/h4-8,12-13,17-18H,3,9-11H2,1-2H3. The van der Waals surface area contributed by atoms with Gasteiger partial charge in [0.25, 0.3) is 0 Å². The smallest absolute Gasteiger partial charge is 0.0323 e. The van der Waals surface area contributed by atoms with Crippen molar-refractivity contribution >= 4 is 11.3 Å². The Hall–Kier alpha value is -1.12. The van der Waals surface area contributed by atoms with Crippen LogP contribution in [0.1, 0.15) is 41.8 Å². The van der Waals surface area contributed by atoms with Crippen LogP contribution in [0.15, 0.2) is 41.8 Å². The van der Waals surface area contributed by atoms with E-state index >= 15 is 0 Å². The summed E-state index contributed by atoms with van der Waals surface area (Å²) in [6.45, 7) is 5.48. The third-order valence-electron chi connectivity index (χ3n) is 3.35. The van der Waals surface area contributed by atoms with E-state index in [-0.39, 0.29) is 0 Å². The summed E-state index contributed by atoms with van der Waals surface area (Å²) in [6, 6.07) is 13.6. The summed E-state index contributed by atoms with van der Waals surface area (Å²) in [6.07, 6.45) is 3.50. The van der Waals surface area contributed by atoms with Gasteiger partial charge in [0.05, 0.1) is 0 Å². The van der Waals surface area contributed by atoms with Gasteiger partial charge in [0, 0.05) is 10.9 Å². The van der Waals surface area contributed by atoms with Gasteiger partial charge in [-0.25, -0.2) is 0 Å². The SMILES string of the molecule is CCCNC(CCc1csc(C)c1)c1ccccc1. The first-order valence-electron chi connectivity index (χ1n) is 7.12. The highest BCUT2D eigenvalue weighted by Crippen LogP contribution is 2.21. The van der Waals surface area contributed by atoms with Crippen molar-refractivity contribution in [2.75, 3.05) is 6.54 Å². The highest BCUT2D eigenvalue weighted by Gasteiger charge is 2.10. The van der Waals surface area contributed by atoms with Gasteiger partial charge < -0.3 is 5.32 Å². The molecule has 0 fully saturated rings. The van der Waals surface area contributed by atoms with Crippen LogP contribution < -0.4 is 5.32 Å². The van der Waals surface area contributed by atoms with Gasteiger partial charge in [-0.05, 0) is 55.3 Å². The summed E-state index contributed by atoms with van der Waals surface area (Å²) in [5.74, 6) is 0. The Labute approximate surface area is 120 Å². The lowest BCUT2D eigenvalue weighted by molar-refractivity contribution is 0.499. The maximum Gasteiger partial charge on any atom is 0.0323 e. The molecule has 0 radical (unpaired) electrons. The Morgan fingerprint density at radius 2 is 2.00 bits per heavy atom. The molecule has 1 aromatic heterocycles. The van der Waals surface area contributed by atoms with Crippen molar-refractivity contribution in [2.24, 2.45) is 0 Å². The molecule has 2 rings (SSSR count). The fourth-order valence-electron chi connectivity index (χ4n) is 2.33. The first-order valence-corrected chi connectivity index (χ1v) is 8.00. The lowest BCUT2D eigenvalue weighted by Crippen LogP contribution is -2.22. The monoisotopic (exact) mass is 273 g/mol. The van der Waals surface area contributed by atoms with Gasteiger partial charge in [0.1, 0.15) is 0 Å². The molecule has 1 aromatic carbocycles. The molecular weight excluding hydrogens is 250 g/mol. The minimum absolute atomic E-state index is 0.473. The molecule has 0 saturated heterocycles. The number of benzene rings is 1. The van der Waals surface area contributed by atoms with E-state index in [1.807, 2.05) is 11.3 Å². The van der Waals surface area contributed by atoms with Crippen molar-refractivity contribution in [1.29, 1.82) is 0 Å². The summed E-state index contributed by atoms with van der Waals surface area (Å²) in [5.41, 5.74) is 2.88. The predicted molar refractivity (Wildman–Crippen MR) is 84.9 cm³/mol. The van der Waals surface area contributed by atoms with Gasteiger partial charge >= 0.3 is 0 Å². The molecule has 0 bridgehead atoms. The number of rotatable bonds is 7. The average molecular weight is 273 g/mol. The molecule has 1 heterocycles. The first kappa shape index (κ1) is 14.3. The zero-order chi connectivity index (χ0) is 13.5. The molecule has 1 N–H and O–H groups in total. The molecule has 1 unspecified atom stereocenters. The maximum atomic E-state index is 3.67. The largest absolute Gasteiger partial charge is 0.310 e. The van der Waals surface area contributed by atoms with E-state index in [9.17, 15) is 0 Å². The number of hydrogen-bond donors (Lipinski definition) is 1. The van der Waals surface area contributed by atoms with Crippen molar-refractivity contribution in [1.82, 2.24) is 5.32 Å². The Morgan fingerprint density at radius 1 is 1.21 bits per heavy atom. The molecule has 0 aliphatic carbocycles. The van der Waals surface area contributed by atoms with Gasteiger partial charge in [-0.2, -0.15) is 0 Å². The fraction of sp³-hybridized carbons (Fsp3) is 0.412. The molecule has 2 aromatic rings. The average Bonchev–Trinajstić information content (AvgIpc) is 2.86. The lowest BCUT2D eigenvalue weighted by Gasteiger charge is -2.18. The second-order valence-electron chi connectivity index (χ2n) is 5.02. The van der Waals surface area contributed by atoms with Crippen molar-refractivity contribution in [2.45, 2.75) is 39.2 Å². The van der Waals surface area contributed by atoms with E-state index in [0.717, 1.165) is 13.0 Å². The van der Waals surface area contributed by atoms with E-state index in [4.69, 9.17) is 0 Å². The third-order valence-corrected chi connectivity index (χ3v) is 4.26. The third kappa shape index (κ3) is 4.48. The predicted octanol–water partition coefficient (Wildman–Crippen LogP) is 4.73. The Morgan fingerprint density at radius 3 is 2.63 bits per heavy atom. The van der Waals surface area contributed by atoms with Crippen LogP contribution in [0.25, 0.3) is 0 Å². The van der Waals surface area contributed by atoms with Gasteiger partial charge in [-0.3, -0.25) is 0 Å². The number of aryl methyl sites for hydroxylation is 2. The molecule has 0 aliphatic rings. The number of hydrogen-bond acceptors (Lipinski definition) is 2. The van der Waals surface area contributed by atoms with Crippen molar-refractivity contribution in [3.8, 4) is 0 Å². The molecular formula is C17H23NS. The molecule has 1 nitrogen and oxygen atoms in total. The summed E-state index contributed by atoms with van der Waals surface area (Å²) in [4.78, 5) is 1.41. The summed E-state index contributed by atoms with van der Waals surface area (Å²) < 4.78 is 0. The van der Waals surface area contributed by atoms with Crippen molar-refractivity contribution in [3.63, 3.8) is 0 Å². The molecule has 0 aliphatic heterocycles. The highest BCUT2D eigenvalue weighted by atomic mass is 32.1. The molecule has 1 atom stereocenters. The van der Waals surface area contributed by atoms with Gasteiger partial charge in [-0.1, -0.05) is 37.3 Å². The number of thiophene rings is 1. The van der Waals surface area contributed by atoms with Crippen LogP contribution >= 0.6 is 11.3 Å². The van der Waals surface area contributed by atoms with Crippen molar-refractivity contribution < 1.29 is 0 Å². The van der Waals surface area contributed by atoms with Crippen LogP contribution in [0, 0.1) is 6.92 Å². The lowest BCUT2D eigenvalue weighted by atomic mass is 10.00. The summed E-state index contributed by atoms with van der Waals surface area (Å²) in [5, 5.41) is 5.96. The van der Waals surface area contributed by atoms with E-state index in [1.54, 1.807) is 0 Å². The molecule has 0 spiro atoms. The Kier molecular flexibility index (Phi) is 5.62. The van der Waals surface area contributed by atoms with Gasteiger partial charge in [0.2, 0.25) is 0 Å². The Bertz CT molecular complexity index is 475. The molecule has 102 valence electrons. The minimum Gasteiger partial charge on any atom is -0.310 e. The van der Waals surface area contributed by atoms with Gasteiger partial charge in [0.15, 0.2) is 0 Å². The fourth-order valence-corrected chi connectivity index (χ4v) is 3.07. The van der Waals surface area contributed by atoms with Crippen LogP contribution in [0.3, 0.4) is 0 Å². The van der Waals surface area contributed by atoms with Crippen molar-refractivity contribution in [3.05, 3.63) is 57.8 Å². The first-order chi connectivity index (χ1) is 9.29. The molecule has 19 heavy (non-hydrogen) atoms. The quantitative estimate of drug-likeness (QED) is 0.769. The molecule has 0 saturated carbocycles. The van der Waals surface area contributed by atoms with Crippen LogP contribution in [0.5, 0.6) is 0 Å². The molecule has 0 amide bonds. The topological polar surface area (TPSA) is 12.0 Å². The van der Waals surface area contributed by atoms with Crippen LogP contribution in [-0.2, 0) is 6.42 Å². The zero-order valence-electron chi connectivity index (χ0n) is 11.9. The van der Waals surface area contributed by atoms with E-state index in [2.05, 4.69) is 60.9 Å². The van der Waals surface area contributed by atoms with E-state index in [1.165, 1.54) is 28.8 Å². The van der Waals surface area contributed by atoms with Crippen LogP contribution in [0.4, 0.5) is 0 Å². The second kappa shape index (κ2) is 7.46. The van der Waals surface area contributed by atoms with E-state index < -0.39 is 0 Å². The number of nitrogens with one attached hydrogen (secondary N) is 1. The normalized spacial score (nSPS) is 12.5. The minimum atomic E-state index is 0.473. The summed E-state index contributed by atoms with van der Waals surface area (Å²) >= 11 is 1.85. The zero-order valence-corrected chi connectivity index (χ0v) is 12.7. The van der Waals surface area contributed by atoms with Gasteiger partial charge in [-0.15, -0.1) is 11.3 Å². The van der Waals surface area contributed by atoms with E-state index in [0.29, 0.717) is 6.04 Å². The summed E-state index contributed by atoms with van der Waals surface area (Å²) in [7, 11) is 0. The van der Waals surface area contributed by atoms with Crippen LogP contribution in [-0.4, -0.2) is 6.54 Å². The second-order valence-corrected chi connectivity index (χ2v) is 6.14.